The standard InChI is InChI=1S/C10H15NO/c1-8-5-6-11-9(7-8)3-2-4-10(11)12/h5-6,8-9H,2-4,7H2,1H3. The summed E-state index contributed by atoms with van der Waals surface area (Å²) in [6.45, 7) is 2.22. The molecule has 0 aromatic carbocycles. The monoisotopic (exact) mass is 165 g/mol. The van der Waals surface area contributed by atoms with Gasteiger partial charge in [0.25, 0.3) is 0 Å². The highest BCUT2D eigenvalue weighted by atomic mass is 16.2. The van der Waals surface area contributed by atoms with E-state index in [4.69, 9.17) is 0 Å². The number of carbonyl (C=O) groups excluding carboxylic acids is 1. The molecule has 0 aromatic heterocycles. The molecule has 1 amide bonds. The summed E-state index contributed by atoms with van der Waals surface area (Å²) in [6.07, 6.45) is 8.30. The van der Waals surface area contributed by atoms with Crippen molar-refractivity contribution in [2.75, 3.05) is 0 Å². The summed E-state index contributed by atoms with van der Waals surface area (Å²) < 4.78 is 0. The lowest BCUT2D eigenvalue weighted by atomic mass is 9.90. The zero-order valence-electron chi connectivity index (χ0n) is 7.49. The maximum absolute atomic E-state index is 11.4. The summed E-state index contributed by atoms with van der Waals surface area (Å²) >= 11 is 0. The number of fused-ring (bicyclic) bond motifs is 1. The van der Waals surface area contributed by atoms with Gasteiger partial charge in [-0.1, -0.05) is 13.0 Å². The van der Waals surface area contributed by atoms with E-state index in [1.165, 1.54) is 6.42 Å². The maximum Gasteiger partial charge on any atom is 0.226 e. The van der Waals surface area contributed by atoms with E-state index >= 15 is 0 Å². The average molecular weight is 165 g/mol. The molecule has 0 spiro atoms. The summed E-state index contributed by atoms with van der Waals surface area (Å²) in [5, 5.41) is 0. The van der Waals surface area contributed by atoms with Crippen LogP contribution in [-0.4, -0.2) is 16.8 Å². The Hall–Kier alpha value is -0.790. The number of allylic oxidation sites excluding steroid dienone is 1. The number of amides is 1. The van der Waals surface area contributed by atoms with Crippen molar-refractivity contribution in [3.63, 3.8) is 0 Å². The Labute approximate surface area is 73.2 Å². The largest absolute Gasteiger partial charge is 0.316 e. The Morgan fingerprint density at radius 2 is 2.42 bits per heavy atom. The van der Waals surface area contributed by atoms with Crippen LogP contribution in [0.25, 0.3) is 0 Å². The first-order valence-corrected chi connectivity index (χ1v) is 4.77. The minimum absolute atomic E-state index is 0.314. The normalized spacial score (nSPS) is 35.1. The second-order valence-corrected chi connectivity index (χ2v) is 3.90. The summed E-state index contributed by atoms with van der Waals surface area (Å²) in [7, 11) is 0. The second-order valence-electron chi connectivity index (χ2n) is 3.90. The van der Waals surface area contributed by atoms with Crippen LogP contribution in [0.4, 0.5) is 0 Å². The quantitative estimate of drug-likeness (QED) is 0.537. The fraction of sp³-hybridized carbons (Fsp3) is 0.700. The van der Waals surface area contributed by atoms with Crippen LogP contribution in [0.5, 0.6) is 0 Å². The van der Waals surface area contributed by atoms with Gasteiger partial charge in [-0.3, -0.25) is 4.79 Å². The molecule has 0 N–H and O–H groups in total. The molecule has 12 heavy (non-hydrogen) atoms. The number of piperidine rings is 1. The van der Waals surface area contributed by atoms with E-state index < -0.39 is 0 Å². The first kappa shape index (κ1) is 7.84. The molecule has 2 atom stereocenters. The van der Waals surface area contributed by atoms with Crippen LogP contribution in [0.1, 0.15) is 32.6 Å². The van der Waals surface area contributed by atoms with Crippen molar-refractivity contribution in [1.82, 2.24) is 4.90 Å². The van der Waals surface area contributed by atoms with Gasteiger partial charge < -0.3 is 4.90 Å². The van der Waals surface area contributed by atoms with Gasteiger partial charge in [0.05, 0.1) is 0 Å². The van der Waals surface area contributed by atoms with Crippen molar-refractivity contribution in [2.45, 2.75) is 38.6 Å². The van der Waals surface area contributed by atoms with E-state index in [1.54, 1.807) is 0 Å². The fourth-order valence-electron chi connectivity index (χ4n) is 2.14. The fourth-order valence-corrected chi connectivity index (χ4v) is 2.14. The highest BCUT2D eigenvalue weighted by Gasteiger charge is 2.29. The van der Waals surface area contributed by atoms with Crippen molar-refractivity contribution in [2.24, 2.45) is 5.92 Å². The lowest BCUT2D eigenvalue weighted by Crippen LogP contribution is -2.42. The summed E-state index contributed by atoms with van der Waals surface area (Å²) in [5.41, 5.74) is 0. The molecule has 0 radical (unpaired) electrons. The van der Waals surface area contributed by atoms with Crippen LogP contribution in [-0.2, 0) is 4.79 Å². The molecule has 2 aliphatic heterocycles. The SMILES string of the molecule is CC1C=CN2C(=O)CCCC2C1. The van der Waals surface area contributed by atoms with Crippen molar-refractivity contribution in [3.05, 3.63) is 12.3 Å². The van der Waals surface area contributed by atoms with Crippen LogP contribution < -0.4 is 0 Å². The van der Waals surface area contributed by atoms with Gasteiger partial charge in [-0.2, -0.15) is 0 Å². The van der Waals surface area contributed by atoms with E-state index in [1.807, 2.05) is 11.1 Å². The highest BCUT2D eigenvalue weighted by molar-refractivity contribution is 5.78. The Morgan fingerprint density at radius 1 is 1.58 bits per heavy atom. The van der Waals surface area contributed by atoms with Gasteiger partial charge in [0.2, 0.25) is 5.91 Å². The van der Waals surface area contributed by atoms with Crippen LogP contribution in [0.3, 0.4) is 0 Å². The maximum atomic E-state index is 11.4. The highest BCUT2D eigenvalue weighted by Crippen LogP contribution is 2.28. The van der Waals surface area contributed by atoms with E-state index in [0.717, 1.165) is 19.3 Å². The predicted octanol–water partition coefficient (Wildman–Crippen LogP) is 1.92. The van der Waals surface area contributed by atoms with Crippen LogP contribution in [0, 0.1) is 5.92 Å². The predicted molar refractivity (Wildman–Crippen MR) is 47.4 cm³/mol. The average Bonchev–Trinajstić information content (AvgIpc) is 2.04. The Bertz CT molecular complexity index is 222. The van der Waals surface area contributed by atoms with Crippen molar-refractivity contribution < 1.29 is 4.79 Å². The first-order chi connectivity index (χ1) is 5.77. The van der Waals surface area contributed by atoms with E-state index in [2.05, 4.69) is 13.0 Å². The minimum atomic E-state index is 0.314. The van der Waals surface area contributed by atoms with Gasteiger partial charge in [0.1, 0.15) is 0 Å². The summed E-state index contributed by atoms with van der Waals surface area (Å²) in [5.74, 6) is 0.964. The van der Waals surface area contributed by atoms with Gasteiger partial charge >= 0.3 is 0 Å². The summed E-state index contributed by atoms with van der Waals surface area (Å²) in [4.78, 5) is 13.3. The molecule has 2 nitrogen and oxygen atoms in total. The number of hydrogen-bond acceptors (Lipinski definition) is 1. The van der Waals surface area contributed by atoms with Gasteiger partial charge in [-0.15, -0.1) is 0 Å². The Balaban J connectivity index is 2.16. The van der Waals surface area contributed by atoms with E-state index in [0.29, 0.717) is 17.9 Å². The van der Waals surface area contributed by atoms with Crippen molar-refractivity contribution >= 4 is 5.91 Å². The van der Waals surface area contributed by atoms with Gasteiger partial charge in [-0.05, 0) is 25.2 Å². The molecule has 2 unspecified atom stereocenters. The van der Waals surface area contributed by atoms with Crippen molar-refractivity contribution in [1.29, 1.82) is 0 Å². The molecule has 2 heterocycles. The Morgan fingerprint density at radius 3 is 3.25 bits per heavy atom. The Kier molecular flexibility index (Phi) is 1.91. The third kappa shape index (κ3) is 1.26. The molecular weight excluding hydrogens is 150 g/mol. The van der Waals surface area contributed by atoms with Gasteiger partial charge in [0.15, 0.2) is 0 Å². The molecular formula is C10H15NO. The van der Waals surface area contributed by atoms with Crippen LogP contribution in [0.15, 0.2) is 12.3 Å². The molecule has 2 rings (SSSR count). The van der Waals surface area contributed by atoms with Crippen molar-refractivity contribution in [3.8, 4) is 0 Å². The second kappa shape index (κ2) is 2.92. The molecule has 2 heteroatoms. The lowest BCUT2D eigenvalue weighted by molar-refractivity contribution is -0.133. The smallest absolute Gasteiger partial charge is 0.226 e. The molecule has 66 valence electrons. The molecule has 1 saturated heterocycles. The molecule has 0 bridgehead atoms. The topological polar surface area (TPSA) is 20.3 Å². The zero-order valence-corrected chi connectivity index (χ0v) is 7.49. The third-order valence-corrected chi connectivity index (χ3v) is 2.83. The lowest BCUT2D eigenvalue weighted by Gasteiger charge is -2.37. The third-order valence-electron chi connectivity index (χ3n) is 2.83. The number of nitrogens with zero attached hydrogens (tertiary/aromatic N) is 1. The zero-order chi connectivity index (χ0) is 8.55. The number of rotatable bonds is 0. The molecule has 1 fully saturated rings. The molecule has 0 aromatic rings. The van der Waals surface area contributed by atoms with Crippen LogP contribution in [0.2, 0.25) is 0 Å². The van der Waals surface area contributed by atoms with Gasteiger partial charge in [0, 0.05) is 18.7 Å². The molecule has 2 aliphatic rings. The van der Waals surface area contributed by atoms with E-state index in [-0.39, 0.29) is 0 Å². The minimum Gasteiger partial charge on any atom is -0.316 e. The van der Waals surface area contributed by atoms with Gasteiger partial charge in [-0.25, -0.2) is 0 Å². The van der Waals surface area contributed by atoms with E-state index in [9.17, 15) is 4.79 Å². The summed E-state index contributed by atoms with van der Waals surface area (Å²) in [6, 6.07) is 0.506. The van der Waals surface area contributed by atoms with Crippen LogP contribution >= 0.6 is 0 Å². The number of carbonyl (C=O) groups is 1. The molecule has 0 aliphatic carbocycles. The molecule has 0 saturated carbocycles. The number of hydrogen-bond donors (Lipinski definition) is 0. The first-order valence-electron chi connectivity index (χ1n) is 4.77.